The second-order valence-corrected chi connectivity index (χ2v) is 6.77. The molecule has 0 N–H and O–H groups in total. The molecule has 1 aromatic heterocycles. The number of likely N-dealkylation sites (N-methyl/N-ethyl adjacent to an activating group) is 2. The Bertz CT molecular complexity index is 890. The Morgan fingerprint density at radius 2 is 1.85 bits per heavy atom. The zero-order valence-corrected chi connectivity index (χ0v) is 16.0. The monoisotopic (exact) mass is 369 g/mol. The van der Waals surface area contributed by atoms with Gasteiger partial charge in [-0.05, 0) is 26.0 Å². The minimum absolute atomic E-state index is 0.0118. The Morgan fingerprint density at radius 3 is 2.44 bits per heavy atom. The fourth-order valence-corrected chi connectivity index (χ4v) is 3.13. The van der Waals surface area contributed by atoms with Gasteiger partial charge in [0.1, 0.15) is 13.1 Å². The minimum atomic E-state index is -0.439. The molecule has 4 amide bonds. The third-order valence-corrected chi connectivity index (χ3v) is 4.79. The van der Waals surface area contributed by atoms with Crippen LogP contribution < -0.4 is 0 Å². The number of hydrogen-bond donors (Lipinski definition) is 0. The van der Waals surface area contributed by atoms with Crippen molar-refractivity contribution in [1.29, 1.82) is 0 Å². The Labute approximate surface area is 158 Å². The van der Waals surface area contributed by atoms with Crippen molar-refractivity contribution in [1.82, 2.24) is 24.5 Å². The summed E-state index contributed by atoms with van der Waals surface area (Å²) in [5.74, 6) is -0.647. The average Bonchev–Trinajstić information content (AvgIpc) is 3.06. The predicted molar refractivity (Wildman–Crippen MR) is 99.3 cm³/mol. The molecule has 27 heavy (non-hydrogen) atoms. The molecule has 142 valence electrons. The van der Waals surface area contributed by atoms with E-state index < -0.39 is 6.03 Å². The van der Waals surface area contributed by atoms with Crippen LogP contribution in [-0.4, -0.2) is 69.5 Å². The molecule has 1 fully saturated rings. The lowest BCUT2D eigenvalue weighted by Gasteiger charge is -2.21. The van der Waals surface area contributed by atoms with Crippen LogP contribution in [0.5, 0.6) is 0 Å². The quantitative estimate of drug-likeness (QED) is 0.745. The highest BCUT2D eigenvalue weighted by atomic mass is 16.2. The molecule has 2 heterocycles. The lowest BCUT2D eigenvalue weighted by Crippen LogP contribution is -2.41. The fourth-order valence-electron chi connectivity index (χ4n) is 3.13. The van der Waals surface area contributed by atoms with Gasteiger partial charge >= 0.3 is 6.03 Å². The van der Waals surface area contributed by atoms with E-state index in [0.29, 0.717) is 6.54 Å². The molecule has 1 aromatic carbocycles. The van der Waals surface area contributed by atoms with Crippen LogP contribution in [0.15, 0.2) is 30.3 Å². The van der Waals surface area contributed by atoms with Gasteiger partial charge in [-0.1, -0.05) is 18.2 Å². The maximum atomic E-state index is 12.5. The van der Waals surface area contributed by atoms with E-state index in [1.807, 2.05) is 48.9 Å². The van der Waals surface area contributed by atoms with Crippen LogP contribution in [0.25, 0.3) is 5.69 Å². The number of aromatic nitrogens is 2. The number of hydrogen-bond acceptors (Lipinski definition) is 4. The number of rotatable bonds is 5. The lowest BCUT2D eigenvalue weighted by atomic mass is 10.2. The number of imide groups is 1. The van der Waals surface area contributed by atoms with Gasteiger partial charge in [0, 0.05) is 31.9 Å². The van der Waals surface area contributed by atoms with Gasteiger partial charge in [0.2, 0.25) is 5.91 Å². The van der Waals surface area contributed by atoms with Crippen LogP contribution in [0.1, 0.15) is 17.0 Å². The minimum Gasteiger partial charge on any atom is -0.340 e. The van der Waals surface area contributed by atoms with Crippen molar-refractivity contribution in [3.05, 3.63) is 47.3 Å². The molecule has 0 radical (unpaired) electrons. The Balaban J connectivity index is 1.74. The second kappa shape index (κ2) is 7.22. The number of urea groups is 1. The van der Waals surface area contributed by atoms with Gasteiger partial charge in [-0.2, -0.15) is 5.10 Å². The number of para-hydroxylation sites is 1. The van der Waals surface area contributed by atoms with E-state index in [1.54, 1.807) is 14.1 Å². The highest BCUT2D eigenvalue weighted by Crippen LogP contribution is 2.19. The number of benzene rings is 1. The van der Waals surface area contributed by atoms with E-state index in [2.05, 4.69) is 5.10 Å². The third-order valence-electron chi connectivity index (χ3n) is 4.79. The molecule has 1 saturated heterocycles. The Morgan fingerprint density at radius 1 is 1.19 bits per heavy atom. The molecule has 2 aromatic rings. The van der Waals surface area contributed by atoms with E-state index >= 15 is 0 Å². The van der Waals surface area contributed by atoms with Crippen molar-refractivity contribution in [2.24, 2.45) is 0 Å². The molecular weight excluding hydrogens is 346 g/mol. The molecule has 0 spiro atoms. The number of nitrogens with zero attached hydrogens (tertiary/aromatic N) is 5. The highest BCUT2D eigenvalue weighted by Gasteiger charge is 2.35. The Hall–Kier alpha value is -3.16. The van der Waals surface area contributed by atoms with Gasteiger partial charge < -0.3 is 9.80 Å². The molecular formula is C19H23N5O3. The predicted octanol–water partition coefficient (Wildman–Crippen LogP) is 1.34. The first kappa shape index (κ1) is 18.6. The molecule has 8 heteroatoms. The molecule has 0 bridgehead atoms. The summed E-state index contributed by atoms with van der Waals surface area (Å²) < 4.78 is 1.85. The molecule has 0 aliphatic carbocycles. The summed E-state index contributed by atoms with van der Waals surface area (Å²) >= 11 is 0. The maximum absolute atomic E-state index is 12.5. The smallest absolute Gasteiger partial charge is 0.327 e. The topological polar surface area (TPSA) is 78.8 Å². The normalized spacial score (nSPS) is 14.2. The van der Waals surface area contributed by atoms with E-state index in [0.717, 1.165) is 27.5 Å². The second-order valence-electron chi connectivity index (χ2n) is 6.77. The van der Waals surface area contributed by atoms with Gasteiger partial charge in [-0.25, -0.2) is 9.48 Å². The zero-order chi connectivity index (χ0) is 19.7. The van der Waals surface area contributed by atoms with Crippen molar-refractivity contribution in [2.75, 3.05) is 27.2 Å². The molecule has 1 aliphatic rings. The van der Waals surface area contributed by atoms with E-state index in [4.69, 9.17) is 0 Å². The summed E-state index contributed by atoms with van der Waals surface area (Å²) in [6.45, 7) is 3.99. The first-order chi connectivity index (χ1) is 12.8. The lowest BCUT2D eigenvalue weighted by molar-refractivity contribution is -0.136. The van der Waals surface area contributed by atoms with Crippen molar-refractivity contribution in [3.8, 4) is 5.69 Å². The number of carbonyl (C=O) groups excluding carboxylic acids is 3. The summed E-state index contributed by atoms with van der Waals surface area (Å²) in [5, 5.41) is 4.58. The van der Waals surface area contributed by atoms with Crippen molar-refractivity contribution in [3.63, 3.8) is 0 Å². The SMILES string of the molecule is Cc1nn(-c2ccccc2)c(C)c1CN(C)C(=O)CN1C(=O)CN(C)C1=O. The van der Waals surface area contributed by atoms with E-state index in [1.165, 1.54) is 9.80 Å². The molecule has 0 atom stereocenters. The summed E-state index contributed by atoms with van der Waals surface area (Å²) in [4.78, 5) is 40.2. The Kier molecular flexibility index (Phi) is 4.98. The van der Waals surface area contributed by atoms with Gasteiger partial charge in [0.25, 0.3) is 5.91 Å². The van der Waals surface area contributed by atoms with Crippen molar-refractivity contribution < 1.29 is 14.4 Å². The first-order valence-electron chi connectivity index (χ1n) is 8.69. The number of aryl methyl sites for hydroxylation is 1. The standard InChI is InChI=1S/C19H23N5O3/c1-13-16(14(2)24(20-13)15-8-6-5-7-9-15)10-21(3)17(25)12-23-18(26)11-22(4)19(23)27/h5-9H,10-12H2,1-4H3. The number of carbonyl (C=O) groups is 3. The summed E-state index contributed by atoms with van der Waals surface area (Å²) in [5.41, 5.74) is 3.69. The van der Waals surface area contributed by atoms with Crippen LogP contribution in [0.4, 0.5) is 4.79 Å². The first-order valence-corrected chi connectivity index (χ1v) is 8.69. The maximum Gasteiger partial charge on any atom is 0.327 e. The van der Waals surface area contributed by atoms with Crippen LogP contribution in [0.2, 0.25) is 0 Å². The van der Waals surface area contributed by atoms with Crippen LogP contribution in [0, 0.1) is 13.8 Å². The molecule has 0 unspecified atom stereocenters. The van der Waals surface area contributed by atoms with Crippen molar-refractivity contribution >= 4 is 17.8 Å². The van der Waals surface area contributed by atoms with Crippen LogP contribution in [0.3, 0.4) is 0 Å². The van der Waals surface area contributed by atoms with E-state index in [-0.39, 0.29) is 24.9 Å². The molecule has 3 rings (SSSR count). The van der Waals surface area contributed by atoms with Crippen LogP contribution in [-0.2, 0) is 16.1 Å². The van der Waals surface area contributed by atoms with Gasteiger partial charge in [0.05, 0.1) is 11.4 Å². The van der Waals surface area contributed by atoms with Gasteiger partial charge in [-0.15, -0.1) is 0 Å². The van der Waals surface area contributed by atoms with Crippen molar-refractivity contribution in [2.45, 2.75) is 20.4 Å². The molecule has 1 aliphatic heterocycles. The number of amides is 4. The third kappa shape index (κ3) is 3.55. The highest BCUT2D eigenvalue weighted by molar-refractivity contribution is 6.04. The fraction of sp³-hybridized carbons (Fsp3) is 0.368. The molecule has 8 nitrogen and oxygen atoms in total. The summed E-state index contributed by atoms with van der Waals surface area (Å²) in [6.07, 6.45) is 0. The van der Waals surface area contributed by atoms with Gasteiger partial charge in [-0.3, -0.25) is 14.5 Å². The largest absolute Gasteiger partial charge is 0.340 e. The summed E-state index contributed by atoms with van der Waals surface area (Å²) in [6, 6.07) is 9.34. The van der Waals surface area contributed by atoms with Crippen LogP contribution >= 0.6 is 0 Å². The zero-order valence-electron chi connectivity index (χ0n) is 16.0. The van der Waals surface area contributed by atoms with E-state index in [9.17, 15) is 14.4 Å². The molecule has 0 saturated carbocycles. The van der Waals surface area contributed by atoms with Gasteiger partial charge in [0.15, 0.2) is 0 Å². The summed E-state index contributed by atoms with van der Waals surface area (Å²) in [7, 11) is 3.20. The average molecular weight is 369 g/mol.